The largest absolute Gasteiger partial charge is 0.383 e. The van der Waals surface area contributed by atoms with Crippen LogP contribution in [0.2, 0.25) is 0 Å². The summed E-state index contributed by atoms with van der Waals surface area (Å²) in [6.45, 7) is 6.76. The molecule has 1 saturated heterocycles. The number of hydrogen-bond donors (Lipinski definition) is 0. The molecule has 32 heavy (non-hydrogen) atoms. The molecule has 0 N–H and O–H groups in total. The molecule has 0 bridgehead atoms. The van der Waals surface area contributed by atoms with Gasteiger partial charge in [0.05, 0.1) is 18.6 Å². The van der Waals surface area contributed by atoms with Gasteiger partial charge >= 0.3 is 0 Å². The molecule has 170 valence electrons. The van der Waals surface area contributed by atoms with E-state index in [0.717, 1.165) is 16.7 Å². The molecule has 7 nitrogen and oxygen atoms in total. The van der Waals surface area contributed by atoms with E-state index in [2.05, 4.69) is 4.98 Å². The van der Waals surface area contributed by atoms with Crippen LogP contribution in [0, 0.1) is 6.92 Å². The lowest BCUT2D eigenvalue weighted by Crippen LogP contribution is -2.46. The van der Waals surface area contributed by atoms with Gasteiger partial charge in [0.1, 0.15) is 0 Å². The molecule has 0 radical (unpaired) electrons. The van der Waals surface area contributed by atoms with Gasteiger partial charge in [-0.1, -0.05) is 30.3 Å². The lowest BCUT2D eigenvalue weighted by Gasteiger charge is -2.33. The van der Waals surface area contributed by atoms with Crippen LogP contribution in [0.15, 0.2) is 48.8 Å². The summed E-state index contributed by atoms with van der Waals surface area (Å²) >= 11 is 0. The zero-order chi connectivity index (χ0) is 23.3. The Kier molecular flexibility index (Phi) is 7.40. The topological polar surface area (TPSA) is 79.8 Å². The number of ether oxygens (including phenoxy) is 1. The predicted molar refractivity (Wildman–Crippen MR) is 121 cm³/mol. The summed E-state index contributed by atoms with van der Waals surface area (Å²) in [5, 5.41) is 0. The second kappa shape index (κ2) is 10.0. The zero-order valence-corrected chi connectivity index (χ0v) is 19.2. The predicted octanol–water partition coefficient (Wildman–Crippen LogP) is 2.86. The van der Waals surface area contributed by atoms with E-state index in [9.17, 15) is 14.4 Å². The number of carbonyl (C=O) groups excluding carboxylic acids is 3. The number of imide groups is 1. The van der Waals surface area contributed by atoms with Gasteiger partial charge in [-0.05, 0) is 43.5 Å². The monoisotopic (exact) mass is 437 g/mol. The van der Waals surface area contributed by atoms with Crippen LogP contribution in [0.1, 0.15) is 43.4 Å². The van der Waals surface area contributed by atoms with Crippen molar-refractivity contribution in [3.63, 3.8) is 0 Å². The Morgan fingerprint density at radius 2 is 1.97 bits per heavy atom. The van der Waals surface area contributed by atoms with Crippen LogP contribution in [0.3, 0.4) is 0 Å². The minimum absolute atomic E-state index is 0.0289. The van der Waals surface area contributed by atoms with Crippen molar-refractivity contribution in [2.45, 2.75) is 51.6 Å². The first kappa shape index (κ1) is 23.6. The van der Waals surface area contributed by atoms with Crippen LogP contribution in [0.4, 0.5) is 0 Å². The number of likely N-dealkylation sites (tertiary alicyclic amines) is 1. The van der Waals surface area contributed by atoms with Gasteiger partial charge in [-0.25, -0.2) is 0 Å². The molecule has 1 atom stereocenters. The molecule has 1 fully saturated rings. The Hall–Kier alpha value is -3.06. The summed E-state index contributed by atoms with van der Waals surface area (Å²) in [5.74, 6) is -0.767. The van der Waals surface area contributed by atoms with Gasteiger partial charge < -0.3 is 9.64 Å². The van der Waals surface area contributed by atoms with Gasteiger partial charge in [-0.2, -0.15) is 0 Å². The number of pyridine rings is 1. The van der Waals surface area contributed by atoms with Gasteiger partial charge in [0, 0.05) is 44.9 Å². The summed E-state index contributed by atoms with van der Waals surface area (Å²) in [7, 11) is 1.59. The molecule has 0 spiro atoms. The molecule has 3 rings (SSSR count). The lowest BCUT2D eigenvalue weighted by molar-refractivity contribution is -0.144. The lowest BCUT2D eigenvalue weighted by atomic mass is 9.73. The molecule has 3 amide bonds. The Morgan fingerprint density at radius 1 is 1.22 bits per heavy atom. The van der Waals surface area contributed by atoms with Crippen molar-refractivity contribution in [1.29, 1.82) is 0 Å². The standard InChI is InChI=1S/C25H31N3O4/c1-18(2)27(12-13-32-4)22(29)14-25(21-10-6-5-8-19(21)3)15-23(30)28(24(25)31)17-20-9-7-11-26-16-20/h5-11,16,18H,12-15,17H2,1-4H3. The number of aromatic nitrogens is 1. The van der Waals surface area contributed by atoms with E-state index in [0.29, 0.717) is 13.2 Å². The highest BCUT2D eigenvalue weighted by Gasteiger charge is 2.54. The van der Waals surface area contributed by atoms with E-state index < -0.39 is 5.41 Å². The number of benzene rings is 1. The summed E-state index contributed by atoms with van der Waals surface area (Å²) in [4.78, 5) is 47.4. The van der Waals surface area contributed by atoms with Crippen LogP contribution in [0.5, 0.6) is 0 Å². The second-order valence-electron chi connectivity index (χ2n) is 8.57. The Labute approximate surface area is 189 Å². The average molecular weight is 438 g/mol. The van der Waals surface area contributed by atoms with E-state index in [1.807, 2.05) is 51.1 Å². The number of methoxy groups -OCH3 is 1. The first-order valence-electron chi connectivity index (χ1n) is 10.9. The number of hydrogen-bond acceptors (Lipinski definition) is 5. The molecular formula is C25H31N3O4. The minimum Gasteiger partial charge on any atom is -0.383 e. The second-order valence-corrected chi connectivity index (χ2v) is 8.57. The normalized spacial score (nSPS) is 18.5. The highest BCUT2D eigenvalue weighted by atomic mass is 16.5. The average Bonchev–Trinajstić information content (AvgIpc) is 2.99. The number of amides is 3. The summed E-state index contributed by atoms with van der Waals surface area (Å²) < 4.78 is 5.16. The number of rotatable bonds is 9. The molecule has 2 heterocycles. The highest BCUT2D eigenvalue weighted by molar-refractivity contribution is 6.10. The van der Waals surface area contributed by atoms with E-state index >= 15 is 0 Å². The van der Waals surface area contributed by atoms with Gasteiger partial charge in [0.15, 0.2) is 0 Å². The summed E-state index contributed by atoms with van der Waals surface area (Å²) in [6, 6.07) is 11.1. The van der Waals surface area contributed by atoms with Crippen molar-refractivity contribution < 1.29 is 19.1 Å². The van der Waals surface area contributed by atoms with Gasteiger partial charge in [-0.15, -0.1) is 0 Å². The maximum atomic E-state index is 13.8. The Balaban J connectivity index is 1.99. The van der Waals surface area contributed by atoms with Crippen LogP contribution in [-0.2, 0) is 31.1 Å². The van der Waals surface area contributed by atoms with Gasteiger partial charge in [0.25, 0.3) is 0 Å². The van der Waals surface area contributed by atoms with Crippen molar-refractivity contribution >= 4 is 17.7 Å². The van der Waals surface area contributed by atoms with Crippen molar-refractivity contribution in [3.05, 3.63) is 65.5 Å². The third-order valence-corrected chi connectivity index (χ3v) is 6.07. The van der Waals surface area contributed by atoms with Gasteiger partial charge in [-0.3, -0.25) is 24.3 Å². The maximum Gasteiger partial charge on any atom is 0.241 e. The first-order valence-corrected chi connectivity index (χ1v) is 10.9. The van der Waals surface area contributed by atoms with Crippen LogP contribution < -0.4 is 0 Å². The van der Waals surface area contributed by atoms with Gasteiger partial charge in [0.2, 0.25) is 17.7 Å². The number of aryl methyl sites for hydroxylation is 1. The Morgan fingerprint density at radius 3 is 2.59 bits per heavy atom. The molecule has 1 aromatic carbocycles. The van der Waals surface area contributed by atoms with E-state index in [-0.39, 0.29) is 43.1 Å². The van der Waals surface area contributed by atoms with Crippen molar-refractivity contribution in [3.8, 4) is 0 Å². The number of carbonyl (C=O) groups is 3. The van der Waals surface area contributed by atoms with Crippen LogP contribution >= 0.6 is 0 Å². The fraction of sp³-hybridized carbons (Fsp3) is 0.440. The molecule has 0 saturated carbocycles. The molecule has 0 aliphatic carbocycles. The van der Waals surface area contributed by atoms with Crippen LogP contribution in [-0.4, -0.2) is 58.8 Å². The molecule has 1 aliphatic rings. The molecule has 1 unspecified atom stereocenters. The fourth-order valence-corrected chi connectivity index (χ4v) is 4.41. The molecule has 7 heteroatoms. The smallest absolute Gasteiger partial charge is 0.241 e. The third kappa shape index (κ3) is 4.72. The maximum absolute atomic E-state index is 13.8. The first-order chi connectivity index (χ1) is 15.3. The number of nitrogens with zero attached hydrogens (tertiary/aromatic N) is 3. The van der Waals surface area contributed by atoms with Crippen molar-refractivity contribution in [2.75, 3.05) is 20.3 Å². The molecule has 1 aliphatic heterocycles. The fourth-order valence-electron chi connectivity index (χ4n) is 4.41. The quantitative estimate of drug-likeness (QED) is 0.564. The zero-order valence-electron chi connectivity index (χ0n) is 19.2. The van der Waals surface area contributed by atoms with E-state index in [1.54, 1.807) is 30.5 Å². The molecule has 2 aromatic rings. The summed E-state index contributed by atoms with van der Waals surface area (Å²) in [6.07, 6.45) is 3.20. The molecule has 1 aromatic heterocycles. The highest BCUT2D eigenvalue weighted by Crippen LogP contribution is 2.42. The SMILES string of the molecule is COCCN(C(=O)CC1(c2ccccc2C)CC(=O)N(Cc2cccnc2)C1=O)C(C)C. The summed E-state index contributed by atoms with van der Waals surface area (Å²) in [5.41, 5.74) is 1.17. The van der Waals surface area contributed by atoms with Crippen LogP contribution in [0.25, 0.3) is 0 Å². The Bertz CT molecular complexity index is 976. The van der Waals surface area contributed by atoms with Crippen molar-refractivity contribution in [1.82, 2.24) is 14.8 Å². The van der Waals surface area contributed by atoms with E-state index in [1.165, 1.54) is 4.90 Å². The van der Waals surface area contributed by atoms with Crippen molar-refractivity contribution in [2.24, 2.45) is 0 Å². The molecular weight excluding hydrogens is 406 g/mol. The van der Waals surface area contributed by atoms with E-state index in [4.69, 9.17) is 4.74 Å². The third-order valence-electron chi connectivity index (χ3n) is 6.07. The minimum atomic E-state index is -1.22.